The molecule has 4 nitrogen and oxygen atoms in total. The van der Waals surface area contributed by atoms with Crippen molar-refractivity contribution in [2.75, 3.05) is 20.6 Å². The zero-order valence-corrected chi connectivity index (χ0v) is 12.4. The molecule has 0 radical (unpaired) electrons. The Kier molecular flexibility index (Phi) is 5.82. The Morgan fingerprint density at radius 2 is 2.17 bits per heavy atom. The quantitative estimate of drug-likeness (QED) is 0.716. The highest BCUT2D eigenvalue weighted by Crippen LogP contribution is 2.19. The summed E-state index contributed by atoms with van der Waals surface area (Å²) in [5, 5.41) is 4.63. The lowest BCUT2D eigenvalue weighted by Crippen LogP contribution is -2.21. The van der Waals surface area contributed by atoms with Crippen molar-refractivity contribution in [1.29, 1.82) is 0 Å². The van der Waals surface area contributed by atoms with E-state index in [1.807, 2.05) is 14.1 Å². The van der Waals surface area contributed by atoms with E-state index >= 15 is 0 Å². The third-order valence-corrected chi connectivity index (χ3v) is 3.04. The average molecular weight is 272 g/mol. The van der Waals surface area contributed by atoms with Crippen LogP contribution in [0.3, 0.4) is 0 Å². The first-order valence-electron chi connectivity index (χ1n) is 6.31. The number of nitrogens with zero attached hydrogens (tertiary/aromatic N) is 3. The molecule has 1 aromatic heterocycles. The number of hydrogen-bond acceptors (Lipinski definition) is 3. The molecule has 1 aromatic rings. The topological polar surface area (TPSA) is 38.1 Å². The highest BCUT2D eigenvalue weighted by molar-refractivity contribution is 6.33. The SMILES string of the molecule is CC(C)CCC(=O)c1c(Cl)cnn1CCN(C)C. The molecule has 102 valence electrons. The number of hydrogen-bond donors (Lipinski definition) is 0. The number of likely N-dealkylation sites (N-methyl/N-ethyl adjacent to an activating group) is 1. The van der Waals surface area contributed by atoms with Crippen LogP contribution in [-0.4, -0.2) is 41.1 Å². The largest absolute Gasteiger partial charge is 0.308 e. The summed E-state index contributed by atoms with van der Waals surface area (Å²) in [4.78, 5) is 14.2. The molecule has 0 spiro atoms. The summed E-state index contributed by atoms with van der Waals surface area (Å²) in [6, 6.07) is 0. The average Bonchev–Trinajstić information content (AvgIpc) is 2.64. The molecule has 0 saturated heterocycles. The van der Waals surface area contributed by atoms with Gasteiger partial charge in [-0.05, 0) is 26.4 Å². The summed E-state index contributed by atoms with van der Waals surface area (Å²) in [5.41, 5.74) is 0.555. The number of carbonyl (C=O) groups is 1. The van der Waals surface area contributed by atoms with Crippen LogP contribution in [0, 0.1) is 5.92 Å². The number of ketones is 1. The van der Waals surface area contributed by atoms with Crippen molar-refractivity contribution in [3.05, 3.63) is 16.9 Å². The zero-order chi connectivity index (χ0) is 13.7. The Labute approximate surface area is 114 Å². The van der Waals surface area contributed by atoms with Gasteiger partial charge < -0.3 is 4.90 Å². The smallest absolute Gasteiger partial charge is 0.182 e. The predicted octanol–water partition coefficient (Wildman–Crippen LogP) is 2.72. The summed E-state index contributed by atoms with van der Waals surface area (Å²) < 4.78 is 1.71. The van der Waals surface area contributed by atoms with Crippen molar-refractivity contribution in [2.24, 2.45) is 5.92 Å². The summed E-state index contributed by atoms with van der Waals surface area (Å²) in [6.45, 7) is 5.74. The summed E-state index contributed by atoms with van der Waals surface area (Å²) >= 11 is 6.05. The Morgan fingerprint density at radius 3 is 2.72 bits per heavy atom. The monoisotopic (exact) mass is 271 g/mol. The van der Waals surface area contributed by atoms with Gasteiger partial charge in [0, 0.05) is 13.0 Å². The van der Waals surface area contributed by atoms with Gasteiger partial charge in [0.15, 0.2) is 5.78 Å². The molecule has 0 fully saturated rings. The van der Waals surface area contributed by atoms with Gasteiger partial charge in [-0.15, -0.1) is 0 Å². The first-order chi connectivity index (χ1) is 8.41. The van der Waals surface area contributed by atoms with E-state index in [9.17, 15) is 4.79 Å². The molecule has 0 N–H and O–H groups in total. The molecule has 1 rings (SSSR count). The molecule has 0 aliphatic carbocycles. The van der Waals surface area contributed by atoms with E-state index in [0.717, 1.165) is 13.0 Å². The van der Waals surface area contributed by atoms with Gasteiger partial charge >= 0.3 is 0 Å². The van der Waals surface area contributed by atoms with Gasteiger partial charge in [0.2, 0.25) is 0 Å². The van der Waals surface area contributed by atoms with Crippen LogP contribution in [0.1, 0.15) is 37.2 Å². The van der Waals surface area contributed by atoms with Gasteiger partial charge in [0.05, 0.1) is 17.8 Å². The van der Waals surface area contributed by atoms with Crippen LogP contribution in [0.5, 0.6) is 0 Å². The van der Waals surface area contributed by atoms with Crippen LogP contribution in [0.15, 0.2) is 6.20 Å². The van der Waals surface area contributed by atoms with E-state index in [1.54, 1.807) is 10.9 Å². The Morgan fingerprint density at radius 1 is 1.50 bits per heavy atom. The summed E-state index contributed by atoms with van der Waals surface area (Å²) in [5.74, 6) is 0.607. The van der Waals surface area contributed by atoms with Crippen LogP contribution >= 0.6 is 11.6 Å². The van der Waals surface area contributed by atoms with Crippen molar-refractivity contribution < 1.29 is 4.79 Å². The van der Waals surface area contributed by atoms with E-state index in [4.69, 9.17) is 11.6 Å². The van der Waals surface area contributed by atoms with Gasteiger partial charge in [-0.3, -0.25) is 9.48 Å². The van der Waals surface area contributed by atoms with E-state index < -0.39 is 0 Å². The number of halogens is 1. The molecule has 5 heteroatoms. The lowest BCUT2D eigenvalue weighted by molar-refractivity contribution is 0.0964. The fourth-order valence-electron chi connectivity index (χ4n) is 1.64. The lowest BCUT2D eigenvalue weighted by Gasteiger charge is -2.12. The fourth-order valence-corrected chi connectivity index (χ4v) is 1.89. The number of rotatable bonds is 7. The molecule has 0 atom stereocenters. The molecule has 0 saturated carbocycles. The number of carbonyl (C=O) groups excluding carboxylic acids is 1. The van der Waals surface area contributed by atoms with Gasteiger partial charge in [-0.2, -0.15) is 5.10 Å². The summed E-state index contributed by atoms with van der Waals surface area (Å²) in [7, 11) is 3.98. The van der Waals surface area contributed by atoms with Crippen LogP contribution in [-0.2, 0) is 6.54 Å². The van der Waals surface area contributed by atoms with Gasteiger partial charge in [0.25, 0.3) is 0 Å². The zero-order valence-electron chi connectivity index (χ0n) is 11.6. The second-order valence-electron chi connectivity index (χ2n) is 5.22. The Hall–Kier alpha value is -0.870. The molecule has 0 amide bonds. The van der Waals surface area contributed by atoms with Crippen LogP contribution in [0.4, 0.5) is 0 Å². The molecular formula is C13H22ClN3O. The lowest BCUT2D eigenvalue weighted by atomic mass is 10.0. The maximum absolute atomic E-state index is 12.1. The fraction of sp³-hybridized carbons (Fsp3) is 0.692. The Bertz CT molecular complexity index is 399. The maximum atomic E-state index is 12.1. The maximum Gasteiger partial charge on any atom is 0.182 e. The molecule has 1 heterocycles. The van der Waals surface area contributed by atoms with Crippen molar-refractivity contribution in [2.45, 2.75) is 33.2 Å². The number of aromatic nitrogens is 2. The van der Waals surface area contributed by atoms with E-state index in [2.05, 4.69) is 23.8 Å². The minimum absolute atomic E-state index is 0.0879. The van der Waals surface area contributed by atoms with Gasteiger partial charge in [-0.1, -0.05) is 25.4 Å². The Balaban J connectivity index is 2.73. The number of Topliss-reactive ketones (excluding diaryl/α,β-unsaturated/α-hetero) is 1. The van der Waals surface area contributed by atoms with E-state index in [1.165, 1.54) is 0 Å². The van der Waals surface area contributed by atoms with Gasteiger partial charge in [0.1, 0.15) is 5.69 Å². The first-order valence-corrected chi connectivity index (χ1v) is 6.68. The highest BCUT2D eigenvalue weighted by atomic mass is 35.5. The molecule has 18 heavy (non-hydrogen) atoms. The standard InChI is InChI=1S/C13H22ClN3O/c1-10(2)5-6-12(18)13-11(14)9-15-17(13)8-7-16(3)4/h9-10H,5-8H2,1-4H3. The predicted molar refractivity (Wildman–Crippen MR) is 74.2 cm³/mol. The highest BCUT2D eigenvalue weighted by Gasteiger charge is 2.17. The third-order valence-electron chi connectivity index (χ3n) is 2.77. The molecule has 0 aliphatic rings. The minimum Gasteiger partial charge on any atom is -0.308 e. The minimum atomic E-state index is 0.0879. The molecule has 0 aromatic carbocycles. The second-order valence-corrected chi connectivity index (χ2v) is 5.63. The van der Waals surface area contributed by atoms with E-state index in [-0.39, 0.29) is 5.78 Å². The van der Waals surface area contributed by atoms with Crippen LogP contribution in [0.25, 0.3) is 0 Å². The summed E-state index contributed by atoms with van der Waals surface area (Å²) in [6.07, 6.45) is 2.97. The molecular weight excluding hydrogens is 250 g/mol. The second kappa shape index (κ2) is 6.90. The van der Waals surface area contributed by atoms with Crippen molar-refractivity contribution in [3.8, 4) is 0 Å². The van der Waals surface area contributed by atoms with Crippen molar-refractivity contribution in [3.63, 3.8) is 0 Å². The van der Waals surface area contributed by atoms with Crippen LogP contribution < -0.4 is 0 Å². The molecule has 0 aliphatic heterocycles. The van der Waals surface area contributed by atoms with Crippen LogP contribution in [0.2, 0.25) is 5.02 Å². The van der Waals surface area contributed by atoms with Crippen molar-refractivity contribution >= 4 is 17.4 Å². The van der Waals surface area contributed by atoms with Gasteiger partial charge in [-0.25, -0.2) is 0 Å². The normalized spacial score (nSPS) is 11.5. The molecule has 0 unspecified atom stereocenters. The van der Waals surface area contributed by atoms with Crippen molar-refractivity contribution in [1.82, 2.24) is 14.7 Å². The third kappa shape index (κ3) is 4.42. The first kappa shape index (κ1) is 15.2. The van der Waals surface area contributed by atoms with E-state index in [0.29, 0.717) is 29.6 Å². The molecule has 0 bridgehead atoms.